The molecule has 1 aromatic carbocycles. The van der Waals surface area contributed by atoms with Gasteiger partial charge in [0.05, 0.1) is 6.42 Å². The van der Waals surface area contributed by atoms with Crippen LogP contribution in [0.4, 0.5) is 0 Å². The van der Waals surface area contributed by atoms with Gasteiger partial charge in [0.25, 0.3) is 0 Å². The monoisotopic (exact) mass is 226 g/mol. The number of rotatable bonds is 5. The summed E-state index contributed by atoms with van der Waals surface area (Å²) < 4.78 is 0. The highest BCUT2D eigenvalue weighted by atomic mass is 16.3. The van der Waals surface area contributed by atoms with Crippen molar-refractivity contribution in [3.8, 4) is 11.8 Å². The summed E-state index contributed by atoms with van der Waals surface area (Å²) in [5.41, 5.74) is -0.144. The zero-order valence-corrected chi connectivity index (χ0v) is 9.56. The van der Waals surface area contributed by atoms with Crippen molar-refractivity contribution < 1.29 is 5.11 Å². The molecule has 0 spiro atoms. The smallest absolute Gasteiger partial charge is 0.319 e. The molecule has 0 aliphatic heterocycles. The largest absolute Gasteiger partial charge is 0.508 e. The van der Waals surface area contributed by atoms with E-state index in [9.17, 15) is 10.4 Å². The fraction of sp³-hybridized carbons (Fsp3) is 0.286. The Morgan fingerprint density at radius 1 is 1.47 bits per heavy atom. The molecule has 1 rings (SSSR count). The molecule has 0 heterocycles. The predicted molar refractivity (Wildman–Crippen MR) is 66.2 cm³/mol. The number of phenolic OH excluding ortho intramolecular Hbond substituents is 1. The van der Waals surface area contributed by atoms with Crippen LogP contribution in [0.15, 0.2) is 36.9 Å². The minimum atomic E-state index is -1.02. The van der Waals surface area contributed by atoms with Crippen LogP contribution in [-0.4, -0.2) is 10.6 Å². The van der Waals surface area contributed by atoms with E-state index in [0.717, 1.165) is 5.56 Å². The minimum absolute atomic E-state index is 0.185. The first-order valence-corrected chi connectivity index (χ1v) is 5.34. The van der Waals surface area contributed by atoms with Crippen molar-refractivity contribution in [1.29, 1.82) is 5.26 Å². The lowest BCUT2D eigenvalue weighted by Crippen LogP contribution is -2.25. The topological polar surface area (TPSA) is 48.4 Å². The van der Waals surface area contributed by atoms with Gasteiger partial charge in [-0.05, 0) is 24.1 Å². The Kier molecular flexibility index (Phi) is 4.31. The number of hydrogen-bond donors (Lipinski definition) is 1. The highest BCUT2D eigenvalue weighted by Crippen LogP contribution is 2.24. The average Bonchev–Trinajstić information content (AvgIpc) is 2.37. The third kappa shape index (κ3) is 3.36. The SMILES string of the molecule is [C-]#[N+]C(C#N)(CCC=C)Cc1ccc(O)cc1. The number of phenols is 1. The molecular weight excluding hydrogens is 212 g/mol. The van der Waals surface area contributed by atoms with Crippen molar-refractivity contribution in [2.24, 2.45) is 0 Å². The standard InChI is InChI=1S/C14H14N2O/c1-3-4-9-14(11-15,16-2)10-12-5-7-13(17)8-6-12/h3,5-8,17H,1,4,9-10H2. The van der Waals surface area contributed by atoms with Gasteiger partial charge < -0.3 is 5.11 Å². The van der Waals surface area contributed by atoms with Crippen molar-refractivity contribution in [3.05, 3.63) is 53.9 Å². The third-order valence-corrected chi connectivity index (χ3v) is 2.62. The van der Waals surface area contributed by atoms with Crippen molar-refractivity contribution in [2.45, 2.75) is 24.8 Å². The van der Waals surface area contributed by atoms with Crippen molar-refractivity contribution in [3.63, 3.8) is 0 Å². The Hall–Kier alpha value is -2.26. The van der Waals surface area contributed by atoms with E-state index in [1.165, 1.54) is 0 Å². The number of allylic oxidation sites excluding steroid dienone is 1. The summed E-state index contributed by atoms with van der Waals surface area (Å²) in [7, 11) is 0. The summed E-state index contributed by atoms with van der Waals surface area (Å²) >= 11 is 0. The van der Waals surface area contributed by atoms with Crippen molar-refractivity contribution in [1.82, 2.24) is 0 Å². The fourth-order valence-electron chi connectivity index (χ4n) is 1.60. The van der Waals surface area contributed by atoms with Gasteiger partial charge in [-0.15, -0.1) is 6.58 Å². The highest BCUT2D eigenvalue weighted by Gasteiger charge is 2.35. The molecule has 1 unspecified atom stereocenters. The van der Waals surface area contributed by atoms with Crippen LogP contribution < -0.4 is 0 Å². The second-order valence-electron chi connectivity index (χ2n) is 3.93. The second kappa shape index (κ2) is 5.72. The van der Waals surface area contributed by atoms with Crippen LogP contribution in [-0.2, 0) is 6.42 Å². The van der Waals surface area contributed by atoms with Gasteiger partial charge in [-0.2, -0.15) is 5.26 Å². The van der Waals surface area contributed by atoms with Crippen LogP contribution in [0.2, 0.25) is 0 Å². The maximum absolute atomic E-state index is 9.17. The lowest BCUT2D eigenvalue weighted by molar-refractivity contribution is 0.474. The van der Waals surface area contributed by atoms with Crippen LogP contribution in [0.25, 0.3) is 4.85 Å². The molecule has 3 nitrogen and oxygen atoms in total. The normalized spacial score (nSPS) is 13.1. The average molecular weight is 226 g/mol. The summed E-state index contributed by atoms with van der Waals surface area (Å²) in [4.78, 5) is 3.47. The first-order chi connectivity index (χ1) is 8.15. The molecule has 1 atom stereocenters. The number of nitriles is 1. The third-order valence-electron chi connectivity index (χ3n) is 2.62. The molecule has 0 aliphatic carbocycles. The van der Waals surface area contributed by atoms with E-state index in [1.54, 1.807) is 30.3 Å². The number of aromatic hydroxyl groups is 1. The Balaban J connectivity index is 2.87. The highest BCUT2D eigenvalue weighted by molar-refractivity contribution is 5.30. The van der Waals surface area contributed by atoms with Gasteiger partial charge >= 0.3 is 5.54 Å². The molecule has 0 saturated heterocycles. The molecule has 1 aromatic rings. The molecule has 0 fully saturated rings. The first kappa shape index (κ1) is 12.8. The lowest BCUT2D eigenvalue weighted by atomic mass is 9.88. The van der Waals surface area contributed by atoms with Crippen molar-refractivity contribution >= 4 is 0 Å². The summed E-state index contributed by atoms with van der Waals surface area (Å²) in [6.45, 7) is 10.8. The van der Waals surface area contributed by atoms with Crippen LogP contribution in [0, 0.1) is 17.9 Å². The van der Waals surface area contributed by atoms with Gasteiger partial charge in [0.1, 0.15) is 5.75 Å². The molecule has 0 bridgehead atoms. The lowest BCUT2D eigenvalue weighted by Gasteiger charge is -2.13. The summed E-state index contributed by atoms with van der Waals surface area (Å²) in [5, 5.41) is 18.3. The minimum Gasteiger partial charge on any atom is -0.508 e. The summed E-state index contributed by atoms with van der Waals surface area (Å²) in [6.07, 6.45) is 3.22. The maximum Gasteiger partial charge on any atom is 0.319 e. The summed E-state index contributed by atoms with van der Waals surface area (Å²) in [5.74, 6) is 0.185. The molecule has 0 aliphatic rings. The maximum atomic E-state index is 9.17. The second-order valence-corrected chi connectivity index (χ2v) is 3.93. The van der Waals surface area contributed by atoms with E-state index in [0.29, 0.717) is 19.3 Å². The molecular formula is C14H14N2O. The van der Waals surface area contributed by atoms with Gasteiger partial charge in [-0.1, -0.05) is 18.2 Å². The molecule has 3 heteroatoms. The van der Waals surface area contributed by atoms with Gasteiger partial charge in [0.2, 0.25) is 0 Å². The Labute approximate surface area is 101 Å². The molecule has 86 valence electrons. The van der Waals surface area contributed by atoms with Gasteiger partial charge in [-0.3, -0.25) is 4.85 Å². The van der Waals surface area contributed by atoms with E-state index in [1.807, 2.05) is 0 Å². The molecule has 0 radical (unpaired) electrons. The van der Waals surface area contributed by atoms with Crippen LogP contribution in [0.3, 0.4) is 0 Å². The molecule has 1 N–H and O–H groups in total. The van der Waals surface area contributed by atoms with Crippen molar-refractivity contribution in [2.75, 3.05) is 0 Å². The fourth-order valence-corrected chi connectivity index (χ4v) is 1.60. The van der Waals surface area contributed by atoms with Crippen LogP contribution in [0.5, 0.6) is 5.75 Å². The Morgan fingerprint density at radius 3 is 2.59 bits per heavy atom. The molecule has 0 amide bonds. The van der Waals surface area contributed by atoms with E-state index >= 15 is 0 Å². The zero-order chi connectivity index (χ0) is 12.7. The number of benzene rings is 1. The van der Waals surface area contributed by atoms with Crippen LogP contribution in [0.1, 0.15) is 18.4 Å². The van der Waals surface area contributed by atoms with Gasteiger partial charge in [0.15, 0.2) is 6.07 Å². The number of nitrogens with zero attached hydrogens (tertiary/aromatic N) is 2. The van der Waals surface area contributed by atoms with Gasteiger partial charge in [-0.25, -0.2) is 6.57 Å². The van der Waals surface area contributed by atoms with Crippen LogP contribution >= 0.6 is 0 Å². The number of hydrogen-bond acceptors (Lipinski definition) is 2. The first-order valence-electron chi connectivity index (χ1n) is 5.34. The molecule has 0 saturated carbocycles. The van der Waals surface area contributed by atoms with E-state index in [4.69, 9.17) is 6.57 Å². The summed E-state index contributed by atoms with van der Waals surface area (Å²) in [6, 6.07) is 8.70. The molecule has 0 aromatic heterocycles. The van der Waals surface area contributed by atoms with E-state index in [-0.39, 0.29) is 5.75 Å². The van der Waals surface area contributed by atoms with Gasteiger partial charge in [0, 0.05) is 6.42 Å². The zero-order valence-electron chi connectivity index (χ0n) is 9.56. The quantitative estimate of drug-likeness (QED) is 0.619. The Bertz CT molecular complexity index is 448. The van der Waals surface area contributed by atoms with E-state index < -0.39 is 5.54 Å². The predicted octanol–water partition coefficient (Wildman–Crippen LogP) is 3.08. The Morgan fingerprint density at radius 2 is 2.12 bits per heavy atom. The molecule has 17 heavy (non-hydrogen) atoms. The van der Waals surface area contributed by atoms with E-state index in [2.05, 4.69) is 17.5 Å².